The topological polar surface area (TPSA) is 75.7 Å². The summed E-state index contributed by atoms with van der Waals surface area (Å²) < 4.78 is 46.3. The van der Waals surface area contributed by atoms with Crippen molar-refractivity contribution in [1.29, 1.82) is 0 Å². The second-order valence-electron chi connectivity index (χ2n) is 7.77. The molecule has 174 valence electrons. The fourth-order valence-corrected chi connectivity index (χ4v) is 5.57. The van der Waals surface area contributed by atoms with Crippen LogP contribution in [0.1, 0.15) is 30.9 Å². The minimum atomic E-state index is -3.73. The first-order valence-electron chi connectivity index (χ1n) is 10.7. The molecule has 0 spiro atoms. The quantitative estimate of drug-likeness (QED) is 0.552. The van der Waals surface area contributed by atoms with Gasteiger partial charge in [-0.1, -0.05) is 36.7 Å². The fraction of sp³-hybridized carbons (Fsp3) is 0.435. The molecule has 1 amide bonds. The number of carbonyl (C=O) groups excluding carboxylic acids is 1. The highest BCUT2D eigenvalue weighted by Crippen LogP contribution is 2.26. The van der Waals surface area contributed by atoms with Gasteiger partial charge in [0.05, 0.1) is 12.3 Å². The molecule has 0 aliphatic carbocycles. The molecular weight excluding hydrogens is 455 g/mol. The molecule has 6 nitrogen and oxygen atoms in total. The molecule has 1 fully saturated rings. The molecule has 2 aromatic rings. The summed E-state index contributed by atoms with van der Waals surface area (Å²) in [7, 11) is -3.73. The van der Waals surface area contributed by atoms with Crippen LogP contribution < -0.4 is 10.1 Å². The summed E-state index contributed by atoms with van der Waals surface area (Å²) in [5, 5.41) is 2.94. The summed E-state index contributed by atoms with van der Waals surface area (Å²) in [6.45, 7) is 3.25. The van der Waals surface area contributed by atoms with Crippen molar-refractivity contribution in [2.75, 3.05) is 26.2 Å². The van der Waals surface area contributed by atoms with Gasteiger partial charge in [0.2, 0.25) is 15.9 Å². The Kier molecular flexibility index (Phi) is 8.51. The molecule has 0 atom stereocenters. The summed E-state index contributed by atoms with van der Waals surface area (Å²) in [5.41, 5.74) is 1.20. The Balaban J connectivity index is 1.42. The maximum absolute atomic E-state index is 14.0. The van der Waals surface area contributed by atoms with Crippen LogP contribution in [0.3, 0.4) is 0 Å². The van der Waals surface area contributed by atoms with Crippen molar-refractivity contribution < 1.29 is 22.3 Å². The first-order valence-corrected chi connectivity index (χ1v) is 12.7. The van der Waals surface area contributed by atoms with Gasteiger partial charge in [-0.3, -0.25) is 4.79 Å². The second kappa shape index (κ2) is 11.1. The summed E-state index contributed by atoms with van der Waals surface area (Å²) in [5.74, 6) is -0.749. The summed E-state index contributed by atoms with van der Waals surface area (Å²) in [6, 6.07) is 11.9. The van der Waals surface area contributed by atoms with E-state index in [0.717, 1.165) is 12.2 Å². The van der Waals surface area contributed by atoms with Gasteiger partial charge in [-0.05, 0) is 49.1 Å². The number of benzene rings is 2. The number of sulfonamides is 1. The number of halogens is 2. The van der Waals surface area contributed by atoms with E-state index < -0.39 is 21.6 Å². The van der Waals surface area contributed by atoms with Crippen LogP contribution in [0.5, 0.6) is 5.75 Å². The lowest BCUT2D eigenvalue weighted by molar-refractivity contribution is -0.126. The largest absolute Gasteiger partial charge is 0.492 e. The predicted molar refractivity (Wildman–Crippen MR) is 123 cm³/mol. The van der Waals surface area contributed by atoms with E-state index >= 15 is 0 Å². The lowest BCUT2D eigenvalue weighted by Crippen LogP contribution is -2.44. The maximum atomic E-state index is 14.0. The van der Waals surface area contributed by atoms with Crippen molar-refractivity contribution in [3.8, 4) is 5.75 Å². The highest BCUT2D eigenvalue weighted by Gasteiger charge is 2.32. The molecule has 1 aliphatic heterocycles. The number of hydrogen-bond donors (Lipinski definition) is 1. The molecule has 1 N–H and O–H groups in total. The van der Waals surface area contributed by atoms with Gasteiger partial charge in [0, 0.05) is 29.6 Å². The molecule has 1 saturated heterocycles. The van der Waals surface area contributed by atoms with Crippen LogP contribution in [-0.2, 0) is 27.0 Å². The van der Waals surface area contributed by atoms with Gasteiger partial charge in [0.15, 0.2) is 0 Å². The highest BCUT2D eigenvalue weighted by atomic mass is 35.5. The molecule has 32 heavy (non-hydrogen) atoms. The average molecular weight is 483 g/mol. The van der Waals surface area contributed by atoms with E-state index in [4.69, 9.17) is 16.3 Å². The number of hydrogen-bond acceptors (Lipinski definition) is 4. The maximum Gasteiger partial charge on any atom is 0.223 e. The number of ether oxygens (including phenoxy) is 1. The average Bonchev–Trinajstić information content (AvgIpc) is 2.79. The molecule has 2 aromatic carbocycles. The number of nitrogens with one attached hydrogen (secondary N) is 1. The van der Waals surface area contributed by atoms with E-state index in [9.17, 15) is 17.6 Å². The van der Waals surface area contributed by atoms with Gasteiger partial charge < -0.3 is 10.1 Å². The molecule has 0 aromatic heterocycles. The number of amides is 1. The molecular formula is C23H28ClFN2O4S. The SMILES string of the molecule is CCc1ccc(OCCNC(=O)C2CCN(S(=O)(=O)Cc3c(F)cccc3Cl)CC2)cc1. The number of rotatable bonds is 9. The highest BCUT2D eigenvalue weighted by molar-refractivity contribution is 7.88. The van der Waals surface area contributed by atoms with Crippen molar-refractivity contribution in [2.45, 2.75) is 31.9 Å². The molecule has 0 unspecified atom stereocenters. The molecule has 3 rings (SSSR count). The number of nitrogens with zero attached hydrogens (tertiary/aromatic N) is 1. The van der Waals surface area contributed by atoms with Crippen LogP contribution >= 0.6 is 11.6 Å². The van der Waals surface area contributed by atoms with E-state index in [0.29, 0.717) is 26.0 Å². The Hall–Kier alpha value is -2.16. The third-order valence-electron chi connectivity index (χ3n) is 5.61. The second-order valence-corrected chi connectivity index (χ2v) is 10.1. The first kappa shape index (κ1) is 24.5. The van der Waals surface area contributed by atoms with E-state index in [1.165, 1.54) is 28.1 Å². The van der Waals surface area contributed by atoms with Gasteiger partial charge >= 0.3 is 0 Å². The Morgan fingerprint density at radius 2 is 1.88 bits per heavy atom. The zero-order chi connectivity index (χ0) is 23.1. The first-order chi connectivity index (χ1) is 15.3. The third kappa shape index (κ3) is 6.43. The van der Waals surface area contributed by atoms with E-state index in [1.807, 2.05) is 24.3 Å². The lowest BCUT2D eigenvalue weighted by Gasteiger charge is -2.30. The monoisotopic (exact) mass is 482 g/mol. The fourth-order valence-electron chi connectivity index (χ4n) is 3.65. The zero-order valence-corrected chi connectivity index (χ0v) is 19.6. The number of carbonyl (C=O) groups is 1. The lowest BCUT2D eigenvalue weighted by atomic mass is 9.97. The molecule has 0 bridgehead atoms. The molecule has 1 heterocycles. The summed E-state index contributed by atoms with van der Waals surface area (Å²) >= 11 is 5.97. The summed E-state index contributed by atoms with van der Waals surface area (Å²) in [4.78, 5) is 12.4. The zero-order valence-electron chi connectivity index (χ0n) is 18.0. The van der Waals surface area contributed by atoms with Gasteiger partial charge in [-0.15, -0.1) is 0 Å². The Labute approximate surface area is 193 Å². The Morgan fingerprint density at radius 1 is 1.19 bits per heavy atom. The Morgan fingerprint density at radius 3 is 2.50 bits per heavy atom. The van der Waals surface area contributed by atoms with Gasteiger partial charge in [-0.25, -0.2) is 17.1 Å². The number of aryl methyl sites for hydroxylation is 1. The van der Waals surface area contributed by atoms with Gasteiger partial charge in [-0.2, -0.15) is 0 Å². The van der Waals surface area contributed by atoms with Crippen LogP contribution in [0.2, 0.25) is 5.02 Å². The predicted octanol–water partition coefficient (Wildman–Crippen LogP) is 3.78. The van der Waals surface area contributed by atoms with Crippen LogP contribution in [0.15, 0.2) is 42.5 Å². The summed E-state index contributed by atoms with van der Waals surface area (Å²) in [6.07, 6.45) is 1.79. The standard InChI is InChI=1S/C23H28ClFN2O4S/c1-2-17-6-8-19(9-7-17)31-15-12-26-23(28)18-10-13-27(14-11-18)32(29,30)16-20-21(24)4-3-5-22(20)25/h3-9,18H,2,10-16H2,1H3,(H,26,28). The molecule has 1 aliphatic rings. The molecule has 9 heteroatoms. The smallest absolute Gasteiger partial charge is 0.223 e. The normalized spacial score (nSPS) is 15.5. The number of piperidine rings is 1. The van der Waals surface area contributed by atoms with Gasteiger partial charge in [0.1, 0.15) is 18.2 Å². The van der Waals surface area contributed by atoms with Crippen molar-refractivity contribution in [3.63, 3.8) is 0 Å². The third-order valence-corrected chi connectivity index (χ3v) is 7.77. The minimum Gasteiger partial charge on any atom is -0.492 e. The Bertz CT molecular complexity index is 1000. The van der Waals surface area contributed by atoms with Crippen LogP contribution in [0, 0.1) is 11.7 Å². The van der Waals surface area contributed by atoms with Crippen molar-refractivity contribution >= 4 is 27.5 Å². The van der Waals surface area contributed by atoms with Crippen LogP contribution in [-0.4, -0.2) is 44.9 Å². The van der Waals surface area contributed by atoms with E-state index in [2.05, 4.69) is 12.2 Å². The van der Waals surface area contributed by atoms with Crippen molar-refractivity contribution in [2.24, 2.45) is 5.92 Å². The molecule has 0 radical (unpaired) electrons. The van der Waals surface area contributed by atoms with Crippen molar-refractivity contribution in [1.82, 2.24) is 9.62 Å². The van der Waals surface area contributed by atoms with Crippen LogP contribution in [0.4, 0.5) is 4.39 Å². The van der Waals surface area contributed by atoms with Crippen LogP contribution in [0.25, 0.3) is 0 Å². The van der Waals surface area contributed by atoms with E-state index in [1.54, 1.807) is 0 Å². The molecule has 0 saturated carbocycles. The van der Waals surface area contributed by atoms with E-state index in [-0.39, 0.29) is 35.5 Å². The van der Waals surface area contributed by atoms with Gasteiger partial charge in [0.25, 0.3) is 0 Å². The van der Waals surface area contributed by atoms with Crippen molar-refractivity contribution in [3.05, 3.63) is 64.4 Å². The minimum absolute atomic E-state index is 0.0293.